The van der Waals surface area contributed by atoms with Crippen molar-refractivity contribution in [1.82, 2.24) is 10.3 Å². The van der Waals surface area contributed by atoms with E-state index in [-0.39, 0.29) is 5.91 Å². The number of benzene rings is 1. The Labute approximate surface area is 189 Å². The second kappa shape index (κ2) is 13.5. The largest absolute Gasteiger partial charge is 0.495 e. The molecular weight excluding hydrogens is 408 g/mol. The molecule has 0 unspecified atom stereocenters. The third-order valence-corrected chi connectivity index (χ3v) is 5.42. The number of hydrogen-bond acceptors (Lipinski definition) is 5. The summed E-state index contributed by atoms with van der Waals surface area (Å²) in [5.74, 6) is 2.14. The highest BCUT2D eigenvalue weighted by Gasteiger charge is 2.05. The SMILES string of the molecule is COc1ccc(SCCNC(=O)c2ccc(OC/C=C(\C)CCC=C(C)C)cc2)nc1. The van der Waals surface area contributed by atoms with Gasteiger partial charge in [0, 0.05) is 17.9 Å². The van der Waals surface area contributed by atoms with E-state index in [1.807, 2.05) is 24.3 Å². The number of aromatic nitrogens is 1. The van der Waals surface area contributed by atoms with E-state index in [4.69, 9.17) is 9.47 Å². The second-order valence-corrected chi connectivity index (χ2v) is 8.46. The molecular formula is C25H32N2O3S. The third-order valence-electron chi connectivity index (χ3n) is 4.47. The molecule has 0 saturated heterocycles. The molecule has 1 amide bonds. The van der Waals surface area contributed by atoms with E-state index in [0.29, 0.717) is 18.7 Å². The van der Waals surface area contributed by atoms with Crippen molar-refractivity contribution in [1.29, 1.82) is 0 Å². The summed E-state index contributed by atoms with van der Waals surface area (Å²) in [5.41, 5.74) is 3.28. The molecule has 1 N–H and O–H groups in total. The van der Waals surface area contributed by atoms with Crippen LogP contribution in [0.25, 0.3) is 0 Å². The number of carbonyl (C=O) groups excluding carboxylic acids is 1. The van der Waals surface area contributed by atoms with Gasteiger partial charge in [-0.15, -0.1) is 11.8 Å². The fourth-order valence-electron chi connectivity index (χ4n) is 2.67. The van der Waals surface area contributed by atoms with Gasteiger partial charge in [0.25, 0.3) is 5.91 Å². The van der Waals surface area contributed by atoms with Crippen LogP contribution in [0, 0.1) is 0 Å². The molecule has 0 saturated carbocycles. The molecule has 166 valence electrons. The Morgan fingerprint density at radius 3 is 2.45 bits per heavy atom. The molecule has 2 rings (SSSR count). The van der Waals surface area contributed by atoms with E-state index in [1.165, 1.54) is 11.1 Å². The first-order valence-corrected chi connectivity index (χ1v) is 11.4. The van der Waals surface area contributed by atoms with Crippen molar-refractivity contribution in [3.63, 3.8) is 0 Å². The monoisotopic (exact) mass is 440 g/mol. The summed E-state index contributed by atoms with van der Waals surface area (Å²) in [5, 5.41) is 3.83. The Bertz CT molecular complexity index is 871. The predicted molar refractivity (Wildman–Crippen MR) is 128 cm³/mol. The minimum atomic E-state index is -0.0927. The van der Waals surface area contributed by atoms with Crippen LogP contribution >= 0.6 is 11.8 Å². The van der Waals surface area contributed by atoms with Gasteiger partial charge >= 0.3 is 0 Å². The molecule has 1 aromatic carbocycles. The van der Waals surface area contributed by atoms with Gasteiger partial charge in [-0.3, -0.25) is 4.79 Å². The molecule has 2 aromatic rings. The van der Waals surface area contributed by atoms with Gasteiger partial charge in [-0.1, -0.05) is 17.2 Å². The van der Waals surface area contributed by atoms with Gasteiger partial charge in [0.2, 0.25) is 0 Å². The number of methoxy groups -OCH3 is 1. The van der Waals surface area contributed by atoms with Crippen LogP contribution in [0.1, 0.15) is 44.0 Å². The molecule has 0 aliphatic heterocycles. The van der Waals surface area contributed by atoms with E-state index >= 15 is 0 Å². The Kier molecular flexibility index (Phi) is 10.7. The Morgan fingerprint density at radius 1 is 1.06 bits per heavy atom. The van der Waals surface area contributed by atoms with Crippen molar-refractivity contribution in [3.05, 3.63) is 71.5 Å². The standard InChI is InChI=1S/C25H32N2O3S/c1-19(2)6-5-7-20(3)14-16-30-22-10-8-21(9-11-22)25(28)26-15-17-31-24-13-12-23(29-4)18-27-24/h6,8-14,18H,5,7,15-17H2,1-4H3,(H,26,28)/b20-14+. The summed E-state index contributed by atoms with van der Waals surface area (Å²) in [4.78, 5) is 16.6. The lowest BCUT2D eigenvalue weighted by Gasteiger charge is -2.07. The normalized spacial score (nSPS) is 11.0. The van der Waals surface area contributed by atoms with Crippen LogP contribution in [0.5, 0.6) is 11.5 Å². The zero-order chi connectivity index (χ0) is 22.5. The summed E-state index contributed by atoms with van der Waals surface area (Å²) in [6.45, 7) is 7.45. The average Bonchev–Trinajstić information content (AvgIpc) is 2.77. The third kappa shape index (κ3) is 9.75. The number of nitrogens with one attached hydrogen (secondary N) is 1. The lowest BCUT2D eigenvalue weighted by molar-refractivity contribution is 0.0956. The van der Waals surface area contributed by atoms with Crippen molar-refractivity contribution in [3.8, 4) is 11.5 Å². The first kappa shape index (κ1) is 24.5. The summed E-state index contributed by atoms with van der Waals surface area (Å²) >= 11 is 1.59. The number of nitrogens with zero attached hydrogens (tertiary/aromatic N) is 1. The maximum atomic E-state index is 12.3. The number of hydrogen-bond donors (Lipinski definition) is 1. The molecule has 0 bridgehead atoms. The highest BCUT2D eigenvalue weighted by Crippen LogP contribution is 2.17. The first-order valence-electron chi connectivity index (χ1n) is 10.4. The molecule has 1 aromatic heterocycles. The fourth-order valence-corrected chi connectivity index (χ4v) is 3.37. The summed E-state index contributed by atoms with van der Waals surface area (Å²) < 4.78 is 10.9. The zero-order valence-electron chi connectivity index (χ0n) is 18.8. The van der Waals surface area contributed by atoms with Gasteiger partial charge in [-0.05, 0) is 76.1 Å². The summed E-state index contributed by atoms with van der Waals surface area (Å²) in [7, 11) is 1.62. The number of allylic oxidation sites excluding steroid dienone is 3. The molecule has 0 atom stereocenters. The van der Waals surface area contributed by atoms with Gasteiger partial charge in [-0.2, -0.15) is 0 Å². The van der Waals surface area contributed by atoms with Gasteiger partial charge < -0.3 is 14.8 Å². The van der Waals surface area contributed by atoms with Crippen molar-refractivity contribution >= 4 is 17.7 Å². The molecule has 0 aliphatic rings. The Hall–Kier alpha value is -2.73. The van der Waals surface area contributed by atoms with Crippen LogP contribution in [0.15, 0.2) is 70.9 Å². The predicted octanol–water partition coefficient (Wildman–Crippen LogP) is 5.68. The minimum absolute atomic E-state index is 0.0927. The van der Waals surface area contributed by atoms with E-state index in [9.17, 15) is 4.79 Å². The maximum Gasteiger partial charge on any atom is 0.251 e. The first-order chi connectivity index (χ1) is 15.0. The minimum Gasteiger partial charge on any atom is -0.495 e. The quantitative estimate of drug-likeness (QED) is 0.261. The highest BCUT2D eigenvalue weighted by atomic mass is 32.2. The zero-order valence-corrected chi connectivity index (χ0v) is 19.6. The van der Waals surface area contributed by atoms with Gasteiger partial charge in [0.15, 0.2) is 0 Å². The van der Waals surface area contributed by atoms with Crippen molar-refractivity contribution in [2.45, 2.75) is 38.6 Å². The van der Waals surface area contributed by atoms with Crippen LogP contribution in [0.3, 0.4) is 0 Å². The topological polar surface area (TPSA) is 60.5 Å². The van der Waals surface area contributed by atoms with E-state index < -0.39 is 0 Å². The average molecular weight is 441 g/mol. The highest BCUT2D eigenvalue weighted by molar-refractivity contribution is 7.99. The van der Waals surface area contributed by atoms with Crippen molar-refractivity contribution in [2.75, 3.05) is 26.0 Å². The molecule has 31 heavy (non-hydrogen) atoms. The van der Waals surface area contributed by atoms with Crippen molar-refractivity contribution in [2.24, 2.45) is 0 Å². The van der Waals surface area contributed by atoms with Crippen LogP contribution in [-0.4, -0.2) is 36.9 Å². The number of pyridine rings is 1. The molecule has 0 fully saturated rings. The van der Waals surface area contributed by atoms with Crippen LogP contribution in [0.2, 0.25) is 0 Å². The molecule has 0 aliphatic carbocycles. The van der Waals surface area contributed by atoms with Crippen LogP contribution in [-0.2, 0) is 0 Å². The molecule has 1 heterocycles. The second-order valence-electron chi connectivity index (χ2n) is 7.35. The van der Waals surface area contributed by atoms with Crippen LogP contribution in [0.4, 0.5) is 0 Å². The van der Waals surface area contributed by atoms with E-state index in [2.05, 4.69) is 43.2 Å². The number of carbonyl (C=O) groups is 1. The molecule has 5 nitrogen and oxygen atoms in total. The number of ether oxygens (including phenoxy) is 2. The number of amides is 1. The van der Waals surface area contributed by atoms with E-state index in [1.54, 1.807) is 37.2 Å². The maximum absolute atomic E-state index is 12.3. The summed E-state index contributed by atoms with van der Waals surface area (Å²) in [6.07, 6.45) is 8.14. The smallest absolute Gasteiger partial charge is 0.251 e. The Morgan fingerprint density at radius 2 is 1.81 bits per heavy atom. The van der Waals surface area contributed by atoms with Crippen molar-refractivity contribution < 1.29 is 14.3 Å². The molecule has 0 spiro atoms. The fraction of sp³-hybridized carbons (Fsp3) is 0.360. The van der Waals surface area contributed by atoms with Gasteiger partial charge in [0.1, 0.15) is 18.1 Å². The van der Waals surface area contributed by atoms with E-state index in [0.717, 1.165) is 35.1 Å². The lowest BCUT2D eigenvalue weighted by Crippen LogP contribution is -2.25. The number of rotatable bonds is 12. The molecule has 0 radical (unpaired) electrons. The summed E-state index contributed by atoms with van der Waals surface area (Å²) in [6, 6.07) is 11.0. The lowest BCUT2D eigenvalue weighted by atomic mass is 10.1. The molecule has 6 heteroatoms. The Balaban J connectivity index is 1.69. The van der Waals surface area contributed by atoms with Gasteiger partial charge in [-0.25, -0.2) is 4.98 Å². The van der Waals surface area contributed by atoms with Gasteiger partial charge in [0.05, 0.1) is 18.3 Å². The van der Waals surface area contributed by atoms with Crippen LogP contribution < -0.4 is 14.8 Å². The number of thioether (sulfide) groups is 1.